The summed E-state index contributed by atoms with van der Waals surface area (Å²) in [5.74, 6) is -6.07. The van der Waals surface area contributed by atoms with Gasteiger partial charge >= 0.3 is 43.7 Å². The zero-order chi connectivity index (χ0) is 79.6. The van der Waals surface area contributed by atoms with Crippen molar-refractivity contribution in [3.05, 3.63) is 270 Å². The molecule has 0 unspecified atom stereocenters. The molecular formula is C90H92CaF3N5O13. The number of rotatable bonds is 33. The first-order chi connectivity index (χ1) is 53.2. The standard InChI is InChI=1S/C57H59F2N3O8.C33H35FN2O5.Ca/c1-35(2)55-54(57(69)60-42-15-9-6-10-16-42)53(37-13-7-5-8-14-37)56(39-21-25-41(59)26-22-39)61(55)30-29-44(64)32-46(34-50(66)67)70-51(68)33-45(65)31-43(63)27-28-49-52(38-19-23-40(58)24-20-38)47-17-11-12-18-48(47)62(49)36(3)4;1-21(2)31-30(33(41)35-25-11-7-4-8-12-25)29(22-9-5-3-6-10-22)32(23-13-15-24(34)16-14-23)36(31)18-17-26(37)19-27(38)20-28(39)40;/h5-28,35-36,43-46,63-65H,29-34H2,1-4H3,(H,60,69)(H,66,67);3-16,21,26-27,37-38H,17-20H2,1-2H3,(H,35,41)(H,39,40);/q;;+2/p-2/b28-27+;;/t43-,44+,45-,46+;26-,27-;/m01./s1. The normalized spacial score (nSPS) is 13.1. The van der Waals surface area contributed by atoms with E-state index in [0.717, 1.165) is 44.5 Å². The molecule has 0 aliphatic carbocycles. The Balaban J connectivity index is 0.000000292. The number of hydrogen-bond donors (Lipinski definition) is 7. The Labute approximate surface area is 679 Å². The molecule has 0 spiro atoms. The smallest absolute Gasteiger partial charge is 0.550 e. The second kappa shape index (κ2) is 40.3. The predicted molar refractivity (Wildman–Crippen MR) is 427 cm³/mol. The topological polar surface area (TPSA) is 281 Å². The molecule has 0 fully saturated rings. The van der Waals surface area contributed by atoms with Gasteiger partial charge in [0.2, 0.25) is 0 Å². The van der Waals surface area contributed by atoms with E-state index in [2.05, 4.69) is 15.2 Å². The summed E-state index contributed by atoms with van der Waals surface area (Å²) in [6.45, 7) is 12.3. The van der Waals surface area contributed by atoms with Crippen LogP contribution in [-0.4, -0.2) is 143 Å². The number of carboxylic acids is 2. The number of nitrogens with one attached hydrogen (secondary N) is 2. The van der Waals surface area contributed by atoms with Crippen molar-refractivity contribution in [2.45, 2.75) is 160 Å². The fourth-order valence-corrected chi connectivity index (χ4v) is 14.5. The number of aliphatic carboxylic acids is 2. The first kappa shape index (κ1) is 85.8. The number of fused-ring (bicyclic) bond motifs is 1. The van der Waals surface area contributed by atoms with E-state index in [1.165, 1.54) is 42.5 Å². The van der Waals surface area contributed by atoms with Gasteiger partial charge in [0.05, 0.1) is 59.5 Å². The molecule has 0 aliphatic heterocycles. The number of aliphatic hydroxyl groups is 5. The van der Waals surface area contributed by atoms with E-state index in [0.29, 0.717) is 61.8 Å². The zero-order valence-corrected chi connectivity index (χ0v) is 65.6. The SMILES string of the molecule is CC(C)c1c(C(=O)Nc2ccccc2)c(-c2ccccc2)c(-c2ccc(F)cc2)n1CC[C@@H](O)C[C@@H](O)CC(=O)[O-].CC(C)c1c(C(=O)Nc2ccccc2)c(-c2ccccc2)c(-c2ccc(F)cc2)n1CC[C@@H](O)C[C@H](CC(=O)[O-])OC(=O)C[C@@H](O)C[C@@H](O)/C=C/c1c(-c2ccc(F)cc2)c2ccccc2n1C(C)C.[Ca+2]. The Morgan fingerprint density at radius 2 is 0.830 bits per heavy atom. The van der Waals surface area contributed by atoms with Crippen LogP contribution in [0.3, 0.4) is 0 Å². The van der Waals surface area contributed by atoms with E-state index < -0.39 is 85.4 Å². The third-order valence-corrected chi connectivity index (χ3v) is 19.1. The Morgan fingerprint density at radius 3 is 1.25 bits per heavy atom. The van der Waals surface area contributed by atoms with Crippen molar-refractivity contribution in [1.29, 1.82) is 0 Å². The van der Waals surface area contributed by atoms with Crippen LogP contribution in [0.1, 0.15) is 149 Å². The van der Waals surface area contributed by atoms with Crippen LogP contribution in [-0.2, 0) is 32.2 Å². The number of anilines is 2. The van der Waals surface area contributed by atoms with Crippen LogP contribution >= 0.6 is 0 Å². The van der Waals surface area contributed by atoms with Gasteiger partial charge in [0.1, 0.15) is 23.6 Å². The van der Waals surface area contributed by atoms with Crippen LogP contribution in [0.2, 0.25) is 0 Å². The van der Waals surface area contributed by atoms with Gasteiger partial charge in [-0.1, -0.05) is 161 Å². The number of halogens is 3. The summed E-state index contributed by atoms with van der Waals surface area (Å²) in [7, 11) is 0. The summed E-state index contributed by atoms with van der Waals surface area (Å²) in [4.78, 5) is 64.5. The van der Waals surface area contributed by atoms with Crippen molar-refractivity contribution in [2.75, 3.05) is 10.6 Å². The number of benzene rings is 8. The number of aliphatic hydroxyl groups excluding tert-OH is 5. The minimum Gasteiger partial charge on any atom is -0.550 e. The summed E-state index contributed by atoms with van der Waals surface area (Å²) < 4.78 is 53.9. The Kier molecular flexibility index (Phi) is 30.9. The number of amides is 2. The maximum Gasteiger partial charge on any atom is 2.00 e. The van der Waals surface area contributed by atoms with E-state index >= 15 is 0 Å². The molecule has 6 atom stereocenters. The molecule has 112 heavy (non-hydrogen) atoms. The molecule has 0 saturated carbocycles. The Bertz CT molecular complexity index is 5000. The molecule has 3 heterocycles. The maximum absolute atomic E-state index is 14.4. The zero-order valence-electron chi connectivity index (χ0n) is 63.4. The molecule has 0 saturated heterocycles. The second-order valence-corrected chi connectivity index (χ2v) is 28.5. The quantitative estimate of drug-likeness (QED) is 0.0149. The van der Waals surface area contributed by atoms with Gasteiger partial charge in [0.15, 0.2) is 0 Å². The van der Waals surface area contributed by atoms with Crippen LogP contribution in [0.15, 0.2) is 224 Å². The van der Waals surface area contributed by atoms with Crippen molar-refractivity contribution in [2.24, 2.45) is 0 Å². The first-order valence-corrected chi connectivity index (χ1v) is 37.2. The average Bonchev–Trinajstić information content (AvgIpc) is 1.61. The molecule has 7 N–H and O–H groups in total. The van der Waals surface area contributed by atoms with Gasteiger partial charge in [0.25, 0.3) is 11.8 Å². The van der Waals surface area contributed by atoms with Gasteiger partial charge in [-0.15, -0.1) is 0 Å². The van der Waals surface area contributed by atoms with Crippen LogP contribution in [0.4, 0.5) is 24.5 Å². The average molecular weight is 1550 g/mol. The maximum atomic E-state index is 14.4. The minimum absolute atomic E-state index is 0. The van der Waals surface area contributed by atoms with Crippen LogP contribution < -0.4 is 20.8 Å². The first-order valence-electron chi connectivity index (χ1n) is 37.2. The molecule has 0 aliphatic rings. The van der Waals surface area contributed by atoms with Gasteiger partial charge in [-0.2, -0.15) is 0 Å². The third kappa shape index (κ3) is 22.1. The number of nitrogens with zero attached hydrogens (tertiary/aromatic N) is 3. The molecule has 8 aromatic carbocycles. The molecule has 0 bridgehead atoms. The number of carbonyl (C=O) groups excluding carboxylic acids is 5. The third-order valence-electron chi connectivity index (χ3n) is 19.1. The van der Waals surface area contributed by atoms with E-state index in [-0.39, 0.29) is 118 Å². The van der Waals surface area contributed by atoms with Gasteiger partial charge < -0.3 is 74.4 Å². The van der Waals surface area contributed by atoms with Gasteiger partial charge in [-0.3, -0.25) is 14.4 Å². The number of hydrogen-bond acceptors (Lipinski definition) is 13. The largest absolute Gasteiger partial charge is 2.00 e. The summed E-state index contributed by atoms with van der Waals surface area (Å²) in [6.07, 6.45) is -6.47. The number of carboxylic acid groups (broad SMARTS) is 2. The molecule has 22 heteroatoms. The molecule has 11 aromatic rings. The molecule has 3 aromatic heterocycles. The summed E-state index contributed by atoms with van der Waals surface area (Å²) >= 11 is 0. The number of esters is 1. The fraction of sp³-hybridized carbons (Fsp3) is 0.278. The predicted octanol–water partition coefficient (Wildman–Crippen LogP) is 14.7. The fourth-order valence-electron chi connectivity index (χ4n) is 14.5. The van der Waals surface area contributed by atoms with Crippen molar-refractivity contribution in [1.82, 2.24) is 13.7 Å². The summed E-state index contributed by atoms with van der Waals surface area (Å²) in [5.41, 5.74) is 12.2. The van der Waals surface area contributed by atoms with Crippen molar-refractivity contribution in [3.8, 4) is 55.9 Å². The van der Waals surface area contributed by atoms with E-state index in [1.807, 2.05) is 172 Å². The molecule has 0 radical (unpaired) electrons. The number of carbonyl (C=O) groups is 5. The van der Waals surface area contributed by atoms with Crippen molar-refractivity contribution >= 4 is 95.8 Å². The van der Waals surface area contributed by atoms with Crippen molar-refractivity contribution < 1.29 is 77.6 Å². The van der Waals surface area contributed by atoms with E-state index in [4.69, 9.17) is 4.74 Å². The summed E-state index contributed by atoms with van der Waals surface area (Å²) in [5, 5.41) is 84.1. The summed E-state index contributed by atoms with van der Waals surface area (Å²) in [6, 6.07) is 63.0. The molecule has 18 nitrogen and oxygen atoms in total. The van der Waals surface area contributed by atoms with Gasteiger partial charge in [0, 0.05) is 113 Å². The minimum atomic E-state index is -1.52. The van der Waals surface area contributed by atoms with Crippen molar-refractivity contribution in [3.63, 3.8) is 0 Å². The Morgan fingerprint density at radius 1 is 0.446 bits per heavy atom. The van der Waals surface area contributed by atoms with Crippen LogP contribution in [0.5, 0.6) is 0 Å². The monoisotopic (exact) mass is 1550 g/mol. The van der Waals surface area contributed by atoms with Gasteiger partial charge in [-0.05, 0) is 170 Å². The van der Waals surface area contributed by atoms with Crippen LogP contribution in [0, 0.1) is 17.5 Å². The Hall–Kier alpha value is -10.2. The number of aromatic nitrogens is 3. The number of para-hydroxylation sites is 3. The van der Waals surface area contributed by atoms with E-state index in [1.54, 1.807) is 66.7 Å². The van der Waals surface area contributed by atoms with Gasteiger partial charge in [-0.25, -0.2) is 13.2 Å². The molecule has 2 amide bonds. The molecule has 11 rings (SSSR count). The number of ether oxygens (including phenoxy) is 1. The second-order valence-electron chi connectivity index (χ2n) is 28.5. The van der Waals surface area contributed by atoms with E-state index in [9.17, 15) is 72.9 Å². The van der Waals surface area contributed by atoms with Crippen LogP contribution in [0.25, 0.3) is 72.9 Å². The molecule has 578 valence electrons. The molecular weight excluding hydrogens is 1460 g/mol.